The molecule has 114 valence electrons. The van der Waals surface area contributed by atoms with E-state index in [1.165, 1.54) is 18.2 Å². The van der Waals surface area contributed by atoms with E-state index in [1.54, 1.807) is 24.3 Å². The van der Waals surface area contributed by atoms with Crippen LogP contribution in [0.4, 0.5) is 11.4 Å². The summed E-state index contributed by atoms with van der Waals surface area (Å²) in [6.45, 7) is 0. The van der Waals surface area contributed by atoms with E-state index in [4.69, 9.17) is 11.6 Å². The Balaban J connectivity index is 2.25. The summed E-state index contributed by atoms with van der Waals surface area (Å²) in [7, 11) is 0. The van der Waals surface area contributed by atoms with Crippen LogP contribution in [0.2, 0.25) is 5.02 Å². The summed E-state index contributed by atoms with van der Waals surface area (Å²) in [5.41, 5.74) is 0.684. The molecule has 0 aromatic heterocycles. The van der Waals surface area contributed by atoms with Crippen LogP contribution in [0, 0.1) is 10.1 Å². The van der Waals surface area contributed by atoms with Crippen molar-refractivity contribution < 1.29 is 14.8 Å². The number of halogens is 1. The van der Waals surface area contributed by atoms with E-state index in [2.05, 4.69) is 5.32 Å². The molecule has 0 saturated carbocycles. The molecule has 0 spiro atoms. The summed E-state index contributed by atoms with van der Waals surface area (Å²) in [6.07, 6.45) is 0.204. The smallest absolute Gasteiger partial charge is 0.326 e. The standard InChI is InChI=1S/C15H13ClN2O4/c16-11-6-7-12(14(9-11)18(21)22)17-13(15(19)20)8-10-4-2-1-3-5-10/h1-7,9,13,17H,8H2,(H,19,20). The molecule has 2 N–H and O–H groups in total. The molecule has 0 saturated heterocycles. The van der Waals surface area contributed by atoms with Gasteiger partial charge in [-0.3, -0.25) is 10.1 Å². The van der Waals surface area contributed by atoms with Gasteiger partial charge in [0, 0.05) is 17.5 Å². The Morgan fingerprint density at radius 2 is 1.95 bits per heavy atom. The van der Waals surface area contributed by atoms with Gasteiger partial charge >= 0.3 is 5.97 Å². The van der Waals surface area contributed by atoms with E-state index in [9.17, 15) is 20.0 Å². The first-order chi connectivity index (χ1) is 10.5. The summed E-state index contributed by atoms with van der Waals surface area (Å²) in [5.74, 6) is -1.09. The summed E-state index contributed by atoms with van der Waals surface area (Å²) in [4.78, 5) is 21.8. The van der Waals surface area contributed by atoms with Crippen molar-refractivity contribution in [2.45, 2.75) is 12.5 Å². The number of carboxylic acid groups (broad SMARTS) is 1. The molecule has 1 unspecified atom stereocenters. The number of carboxylic acids is 1. The number of nitrogens with one attached hydrogen (secondary N) is 1. The molecule has 22 heavy (non-hydrogen) atoms. The molecule has 0 aliphatic heterocycles. The van der Waals surface area contributed by atoms with Crippen molar-refractivity contribution in [2.75, 3.05) is 5.32 Å². The first-order valence-electron chi connectivity index (χ1n) is 6.44. The van der Waals surface area contributed by atoms with Gasteiger partial charge in [0.25, 0.3) is 5.69 Å². The molecule has 7 heteroatoms. The predicted octanol–water partition coefficient (Wildman–Crippen LogP) is 3.36. The van der Waals surface area contributed by atoms with Gasteiger partial charge in [0.2, 0.25) is 0 Å². The van der Waals surface area contributed by atoms with Gasteiger partial charge in [0.15, 0.2) is 0 Å². The van der Waals surface area contributed by atoms with Gasteiger partial charge in [0.1, 0.15) is 11.7 Å². The third-order valence-corrected chi connectivity index (χ3v) is 3.30. The Morgan fingerprint density at radius 1 is 1.27 bits per heavy atom. The van der Waals surface area contributed by atoms with Gasteiger partial charge in [-0.25, -0.2) is 4.79 Å². The second-order valence-corrected chi connectivity index (χ2v) is 5.08. The van der Waals surface area contributed by atoms with Gasteiger partial charge < -0.3 is 10.4 Å². The van der Waals surface area contributed by atoms with Crippen LogP contribution in [0.3, 0.4) is 0 Å². The normalized spacial score (nSPS) is 11.7. The topological polar surface area (TPSA) is 92.5 Å². The van der Waals surface area contributed by atoms with E-state index < -0.39 is 16.9 Å². The molecular formula is C15H13ClN2O4. The van der Waals surface area contributed by atoms with Crippen molar-refractivity contribution in [3.05, 3.63) is 69.2 Å². The lowest BCUT2D eigenvalue weighted by atomic mass is 10.1. The van der Waals surface area contributed by atoms with Crippen molar-refractivity contribution in [3.8, 4) is 0 Å². The van der Waals surface area contributed by atoms with Crippen LogP contribution in [-0.4, -0.2) is 22.0 Å². The highest BCUT2D eigenvalue weighted by Crippen LogP contribution is 2.28. The lowest BCUT2D eigenvalue weighted by Gasteiger charge is -2.16. The molecule has 0 aliphatic rings. The molecular weight excluding hydrogens is 308 g/mol. The van der Waals surface area contributed by atoms with Crippen molar-refractivity contribution in [1.29, 1.82) is 0 Å². The van der Waals surface area contributed by atoms with Crippen LogP contribution in [0.15, 0.2) is 48.5 Å². The SMILES string of the molecule is O=C(O)C(Cc1ccccc1)Nc1ccc(Cl)cc1[N+](=O)[O-]. The lowest BCUT2D eigenvalue weighted by molar-refractivity contribution is -0.384. The fourth-order valence-electron chi connectivity index (χ4n) is 2.02. The first kappa shape index (κ1) is 15.8. The minimum Gasteiger partial charge on any atom is -0.480 e. The van der Waals surface area contributed by atoms with E-state index in [0.717, 1.165) is 5.56 Å². The fraction of sp³-hybridized carbons (Fsp3) is 0.133. The summed E-state index contributed by atoms with van der Waals surface area (Å²) < 4.78 is 0. The van der Waals surface area contributed by atoms with Gasteiger partial charge in [-0.15, -0.1) is 0 Å². The van der Waals surface area contributed by atoms with Crippen LogP contribution >= 0.6 is 11.6 Å². The second kappa shape index (κ2) is 6.91. The maximum Gasteiger partial charge on any atom is 0.326 e. The molecule has 2 rings (SSSR count). The minimum absolute atomic E-state index is 0.123. The number of rotatable bonds is 6. The van der Waals surface area contributed by atoms with Gasteiger partial charge in [-0.05, 0) is 17.7 Å². The van der Waals surface area contributed by atoms with Crippen LogP contribution in [0.5, 0.6) is 0 Å². The fourth-order valence-corrected chi connectivity index (χ4v) is 2.18. The van der Waals surface area contributed by atoms with Gasteiger partial charge in [0.05, 0.1) is 4.92 Å². The van der Waals surface area contributed by atoms with E-state index in [1.807, 2.05) is 6.07 Å². The molecule has 2 aromatic carbocycles. The molecule has 0 heterocycles. The average molecular weight is 321 g/mol. The third kappa shape index (κ3) is 3.95. The maximum absolute atomic E-state index is 11.4. The number of nitro groups is 1. The van der Waals surface area contributed by atoms with Crippen LogP contribution < -0.4 is 5.32 Å². The molecule has 0 aliphatic carbocycles. The maximum atomic E-state index is 11.4. The highest BCUT2D eigenvalue weighted by molar-refractivity contribution is 6.30. The van der Waals surface area contributed by atoms with Crippen molar-refractivity contribution in [1.82, 2.24) is 0 Å². The zero-order valence-corrected chi connectivity index (χ0v) is 12.2. The number of carbonyl (C=O) groups is 1. The van der Waals surface area contributed by atoms with Crippen LogP contribution in [-0.2, 0) is 11.2 Å². The largest absolute Gasteiger partial charge is 0.480 e. The lowest BCUT2D eigenvalue weighted by Crippen LogP contribution is -2.31. The van der Waals surface area contributed by atoms with E-state index in [-0.39, 0.29) is 22.8 Å². The molecule has 6 nitrogen and oxygen atoms in total. The molecule has 2 aromatic rings. The Morgan fingerprint density at radius 3 is 2.55 bits per heavy atom. The zero-order chi connectivity index (χ0) is 16.1. The second-order valence-electron chi connectivity index (χ2n) is 4.64. The Labute approximate surface area is 131 Å². The Hall–Kier alpha value is -2.60. The predicted molar refractivity (Wildman–Crippen MR) is 83.3 cm³/mol. The number of nitrogens with zero attached hydrogens (tertiary/aromatic N) is 1. The quantitative estimate of drug-likeness (QED) is 0.629. The Bertz CT molecular complexity index is 691. The highest BCUT2D eigenvalue weighted by atomic mass is 35.5. The van der Waals surface area contributed by atoms with Crippen LogP contribution in [0.1, 0.15) is 5.56 Å². The van der Waals surface area contributed by atoms with Crippen molar-refractivity contribution in [2.24, 2.45) is 0 Å². The van der Waals surface area contributed by atoms with Crippen molar-refractivity contribution in [3.63, 3.8) is 0 Å². The number of benzene rings is 2. The molecule has 0 fully saturated rings. The molecule has 1 atom stereocenters. The summed E-state index contributed by atoms with van der Waals surface area (Å²) in [5, 5.41) is 23.3. The highest BCUT2D eigenvalue weighted by Gasteiger charge is 2.22. The third-order valence-electron chi connectivity index (χ3n) is 3.07. The van der Waals surface area contributed by atoms with Gasteiger partial charge in [-0.2, -0.15) is 0 Å². The molecule has 0 radical (unpaired) electrons. The van der Waals surface area contributed by atoms with E-state index >= 15 is 0 Å². The summed E-state index contributed by atoms with van der Waals surface area (Å²) in [6, 6.07) is 12.1. The van der Waals surface area contributed by atoms with Crippen LogP contribution in [0.25, 0.3) is 0 Å². The number of hydrogen-bond acceptors (Lipinski definition) is 4. The van der Waals surface area contributed by atoms with E-state index in [0.29, 0.717) is 0 Å². The monoisotopic (exact) mass is 320 g/mol. The molecule has 0 amide bonds. The van der Waals surface area contributed by atoms with Gasteiger partial charge in [-0.1, -0.05) is 41.9 Å². The number of hydrogen-bond donors (Lipinski definition) is 2. The minimum atomic E-state index is -1.09. The number of anilines is 1. The Kier molecular flexibility index (Phi) is 4.95. The zero-order valence-electron chi connectivity index (χ0n) is 11.4. The summed E-state index contributed by atoms with van der Waals surface area (Å²) >= 11 is 5.74. The molecule has 0 bridgehead atoms. The van der Waals surface area contributed by atoms with Crippen molar-refractivity contribution >= 4 is 28.9 Å². The number of nitro benzene ring substituents is 1. The first-order valence-corrected chi connectivity index (χ1v) is 6.82. The average Bonchev–Trinajstić information content (AvgIpc) is 2.49. The number of aliphatic carboxylic acids is 1.